The lowest BCUT2D eigenvalue weighted by atomic mass is 9.90. The smallest absolute Gasteiger partial charge is 0.277 e. The van der Waals surface area contributed by atoms with Gasteiger partial charge in [0.2, 0.25) is 0 Å². The molecule has 1 aromatic carbocycles. The third-order valence-electron chi connectivity index (χ3n) is 5.52. The fourth-order valence-electron chi connectivity index (χ4n) is 3.93. The third kappa shape index (κ3) is 5.21. The lowest BCUT2D eigenvalue weighted by Crippen LogP contribution is -2.40. The molecule has 29 heavy (non-hydrogen) atoms. The molecule has 0 spiro atoms. The van der Waals surface area contributed by atoms with Gasteiger partial charge in [-0.3, -0.25) is 20.0 Å². The maximum atomic E-state index is 11.7. The molecule has 3 rings (SSSR count). The van der Waals surface area contributed by atoms with Crippen LogP contribution in [-0.4, -0.2) is 41.1 Å². The largest absolute Gasteiger partial charge is 0.493 e. The summed E-state index contributed by atoms with van der Waals surface area (Å²) in [6.45, 7) is 1.10. The molecule has 0 amide bonds. The summed E-state index contributed by atoms with van der Waals surface area (Å²) >= 11 is 0. The quantitative estimate of drug-likeness (QED) is 0.536. The van der Waals surface area contributed by atoms with E-state index in [4.69, 9.17) is 15.2 Å². The van der Waals surface area contributed by atoms with Gasteiger partial charge in [0.25, 0.3) is 5.69 Å². The molecule has 8 nitrogen and oxygen atoms in total. The number of nitro groups is 1. The van der Waals surface area contributed by atoms with Gasteiger partial charge >= 0.3 is 0 Å². The molecular formula is C21H28N4O4. The molecule has 156 valence electrons. The predicted octanol–water partition coefficient (Wildman–Crippen LogP) is 3.28. The Balaban J connectivity index is 1.93. The highest BCUT2D eigenvalue weighted by atomic mass is 16.6. The van der Waals surface area contributed by atoms with Crippen LogP contribution >= 0.6 is 0 Å². The predicted molar refractivity (Wildman–Crippen MR) is 110 cm³/mol. The summed E-state index contributed by atoms with van der Waals surface area (Å²) < 4.78 is 10.6. The summed E-state index contributed by atoms with van der Waals surface area (Å²) in [6.07, 6.45) is 7.45. The maximum absolute atomic E-state index is 11.7. The summed E-state index contributed by atoms with van der Waals surface area (Å²) in [4.78, 5) is 17.8. The average Bonchev–Trinajstić information content (AvgIpc) is 2.74. The Kier molecular flexibility index (Phi) is 7.00. The van der Waals surface area contributed by atoms with E-state index >= 15 is 0 Å². The van der Waals surface area contributed by atoms with Crippen molar-refractivity contribution in [3.05, 3.63) is 57.9 Å². The van der Waals surface area contributed by atoms with Crippen LogP contribution in [-0.2, 0) is 13.1 Å². The van der Waals surface area contributed by atoms with Gasteiger partial charge in [-0.15, -0.1) is 0 Å². The van der Waals surface area contributed by atoms with E-state index < -0.39 is 0 Å². The van der Waals surface area contributed by atoms with E-state index in [0.29, 0.717) is 36.2 Å². The van der Waals surface area contributed by atoms with Crippen molar-refractivity contribution in [2.45, 2.75) is 50.9 Å². The Bertz CT molecular complexity index is 823. The van der Waals surface area contributed by atoms with Crippen LogP contribution in [0, 0.1) is 10.1 Å². The van der Waals surface area contributed by atoms with E-state index in [1.54, 1.807) is 12.3 Å². The highest BCUT2D eigenvalue weighted by molar-refractivity contribution is 5.54. The van der Waals surface area contributed by atoms with E-state index in [2.05, 4.69) is 9.88 Å². The van der Waals surface area contributed by atoms with Crippen LogP contribution in [0.5, 0.6) is 11.5 Å². The summed E-state index contributed by atoms with van der Waals surface area (Å²) in [5.74, 6) is 0.838. The van der Waals surface area contributed by atoms with Crippen LogP contribution in [0.15, 0.2) is 36.7 Å². The third-order valence-corrected chi connectivity index (χ3v) is 5.52. The normalized spacial score (nSPS) is 19.2. The maximum Gasteiger partial charge on any atom is 0.277 e. The van der Waals surface area contributed by atoms with Crippen molar-refractivity contribution in [1.29, 1.82) is 0 Å². The number of benzene rings is 1. The minimum absolute atomic E-state index is 0.0337. The van der Waals surface area contributed by atoms with Crippen molar-refractivity contribution in [2.75, 3.05) is 14.2 Å². The Morgan fingerprint density at radius 3 is 2.45 bits per heavy atom. The fraction of sp³-hybridized carbons (Fsp3) is 0.476. The molecule has 1 saturated carbocycles. The van der Waals surface area contributed by atoms with E-state index in [-0.39, 0.29) is 16.7 Å². The highest BCUT2D eigenvalue weighted by Gasteiger charge is 2.28. The number of pyridine rings is 1. The van der Waals surface area contributed by atoms with Gasteiger partial charge in [-0.25, -0.2) is 0 Å². The lowest BCUT2D eigenvalue weighted by molar-refractivity contribution is -0.385. The average molecular weight is 400 g/mol. The van der Waals surface area contributed by atoms with Gasteiger partial charge in [0.15, 0.2) is 11.5 Å². The topological polar surface area (TPSA) is 104 Å². The zero-order valence-corrected chi connectivity index (χ0v) is 16.9. The van der Waals surface area contributed by atoms with Crippen molar-refractivity contribution >= 4 is 5.69 Å². The van der Waals surface area contributed by atoms with E-state index in [0.717, 1.165) is 31.2 Å². The highest BCUT2D eigenvalue weighted by Crippen LogP contribution is 2.36. The van der Waals surface area contributed by atoms with Gasteiger partial charge in [-0.05, 0) is 43.4 Å². The Morgan fingerprint density at radius 1 is 1.17 bits per heavy atom. The van der Waals surface area contributed by atoms with Crippen molar-refractivity contribution in [3.8, 4) is 11.5 Å². The lowest BCUT2D eigenvalue weighted by Gasteiger charge is -2.36. The first-order chi connectivity index (χ1) is 14.0. The first-order valence-corrected chi connectivity index (χ1v) is 9.79. The molecule has 0 radical (unpaired) electrons. The second-order valence-corrected chi connectivity index (χ2v) is 7.43. The molecule has 0 saturated heterocycles. The van der Waals surface area contributed by atoms with E-state index in [1.807, 2.05) is 18.3 Å². The molecule has 1 heterocycles. The van der Waals surface area contributed by atoms with E-state index in [9.17, 15) is 10.1 Å². The molecule has 2 aromatic rings. The number of aromatic nitrogens is 1. The number of hydrogen-bond donors (Lipinski definition) is 1. The molecule has 1 aliphatic rings. The van der Waals surface area contributed by atoms with Crippen LogP contribution in [0.3, 0.4) is 0 Å². The SMILES string of the molecule is COc1cc(CN(Cc2cccnc2)C2CCC(N)CC2)c([N+](=O)[O-])cc1OC. The number of methoxy groups -OCH3 is 2. The number of hydrogen-bond acceptors (Lipinski definition) is 7. The molecule has 0 unspecified atom stereocenters. The van der Waals surface area contributed by atoms with Gasteiger partial charge in [0.1, 0.15) is 0 Å². The number of ether oxygens (including phenoxy) is 2. The Morgan fingerprint density at radius 2 is 1.86 bits per heavy atom. The zero-order valence-electron chi connectivity index (χ0n) is 16.9. The van der Waals surface area contributed by atoms with Gasteiger partial charge in [0, 0.05) is 43.1 Å². The van der Waals surface area contributed by atoms with Crippen LogP contribution in [0.25, 0.3) is 0 Å². The first kappa shape index (κ1) is 21.0. The van der Waals surface area contributed by atoms with E-state index in [1.165, 1.54) is 20.3 Å². The second-order valence-electron chi connectivity index (χ2n) is 7.43. The summed E-state index contributed by atoms with van der Waals surface area (Å²) in [6, 6.07) is 7.63. The Hall–Kier alpha value is -2.71. The molecule has 8 heteroatoms. The van der Waals surface area contributed by atoms with Crippen molar-refractivity contribution in [3.63, 3.8) is 0 Å². The molecule has 0 bridgehead atoms. The van der Waals surface area contributed by atoms with Crippen molar-refractivity contribution in [2.24, 2.45) is 5.73 Å². The molecule has 0 aliphatic heterocycles. The monoisotopic (exact) mass is 400 g/mol. The molecular weight excluding hydrogens is 372 g/mol. The first-order valence-electron chi connectivity index (χ1n) is 9.79. The van der Waals surface area contributed by atoms with Crippen LogP contribution in [0.4, 0.5) is 5.69 Å². The van der Waals surface area contributed by atoms with Crippen molar-refractivity contribution < 1.29 is 14.4 Å². The standard InChI is InChI=1S/C21H28N4O4/c1-28-20-10-16(19(25(26)27)11-21(20)29-2)14-24(13-15-4-3-9-23-12-15)18-7-5-17(22)6-8-18/h3-4,9-12,17-18H,5-8,13-14,22H2,1-2H3. The molecule has 0 atom stereocenters. The molecule has 1 aromatic heterocycles. The minimum atomic E-state index is -0.365. The van der Waals surface area contributed by atoms with Gasteiger partial charge in [-0.2, -0.15) is 0 Å². The second kappa shape index (κ2) is 9.67. The van der Waals surface area contributed by atoms with Crippen molar-refractivity contribution in [1.82, 2.24) is 9.88 Å². The zero-order chi connectivity index (χ0) is 20.8. The summed E-state index contributed by atoms with van der Waals surface area (Å²) in [7, 11) is 3.00. The number of nitrogens with zero attached hydrogens (tertiary/aromatic N) is 3. The van der Waals surface area contributed by atoms with Gasteiger partial charge in [0.05, 0.1) is 25.2 Å². The number of rotatable bonds is 8. The molecule has 1 fully saturated rings. The van der Waals surface area contributed by atoms with Gasteiger partial charge < -0.3 is 15.2 Å². The van der Waals surface area contributed by atoms with Crippen LogP contribution in [0.2, 0.25) is 0 Å². The Labute approximate surface area is 170 Å². The number of nitro benzene ring substituents is 1. The van der Waals surface area contributed by atoms with Crippen LogP contribution in [0.1, 0.15) is 36.8 Å². The molecule has 1 aliphatic carbocycles. The van der Waals surface area contributed by atoms with Crippen LogP contribution < -0.4 is 15.2 Å². The summed E-state index contributed by atoms with van der Waals surface area (Å²) in [5, 5.41) is 11.7. The summed E-state index contributed by atoms with van der Waals surface area (Å²) in [5.41, 5.74) is 7.80. The number of nitrogens with two attached hydrogens (primary N) is 1. The van der Waals surface area contributed by atoms with Gasteiger partial charge in [-0.1, -0.05) is 6.07 Å². The minimum Gasteiger partial charge on any atom is -0.493 e. The molecule has 2 N–H and O–H groups in total. The fourth-order valence-corrected chi connectivity index (χ4v) is 3.93.